The first kappa shape index (κ1) is 22.8. The molecule has 6 rings (SSSR count). The van der Waals surface area contributed by atoms with Crippen LogP contribution < -0.4 is 16.0 Å². The van der Waals surface area contributed by atoms with E-state index < -0.39 is 0 Å². The van der Waals surface area contributed by atoms with E-state index in [0.717, 1.165) is 41.8 Å². The van der Waals surface area contributed by atoms with Gasteiger partial charge in [-0.1, -0.05) is 26.0 Å². The van der Waals surface area contributed by atoms with E-state index in [0.29, 0.717) is 29.4 Å². The maximum atomic E-state index is 13.2. The van der Waals surface area contributed by atoms with Gasteiger partial charge in [0.2, 0.25) is 0 Å². The van der Waals surface area contributed by atoms with E-state index in [1.807, 2.05) is 12.1 Å². The number of fused-ring (bicyclic) bond motifs is 1. The van der Waals surface area contributed by atoms with Gasteiger partial charge in [0.05, 0.1) is 11.7 Å². The molecule has 0 bridgehead atoms. The summed E-state index contributed by atoms with van der Waals surface area (Å²) in [6, 6.07) is 13.5. The van der Waals surface area contributed by atoms with E-state index in [-0.39, 0.29) is 11.2 Å². The quantitative estimate of drug-likeness (QED) is 0.327. The number of pyridine rings is 2. The Hall–Kier alpha value is -3.65. The smallest absolute Gasteiger partial charge is 0.162 e. The molecule has 2 aliphatic rings. The Morgan fingerprint density at radius 2 is 1.89 bits per heavy atom. The van der Waals surface area contributed by atoms with Crippen LogP contribution in [0.5, 0.6) is 0 Å². The van der Waals surface area contributed by atoms with Crippen molar-refractivity contribution in [2.24, 2.45) is 5.41 Å². The minimum Gasteiger partial charge on any atom is -0.366 e. The Balaban J connectivity index is 1.41. The van der Waals surface area contributed by atoms with Crippen LogP contribution in [0.15, 0.2) is 54.9 Å². The molecular formula is C28H30FN7. The van der Waals surface area contributed by atoms with Crippen molar-refractivity contribution in [3.05, 3.63) is 66.2 Å². The average molecular weight is 484 g/mol. The van der Waals surface area contributed by atoms with Crippen molar-refractivity contribution in [3.8, 4) is 11.4 Å². The van der Waals surface area contributed by atoms with Crippen molar-refractivity contribution >= 4 is 28.4 Å². The third-order valence-corrected chi connectivity index (χ3v) is 7.22. The van der Waals surface area contributed by atoms with Crippen molar-refractivity contribution in [3.63, 3.8) is 0 Å². The Morgan fingerprint density at radius 1 is 1.00 bits per heavy atom. The molecule has 0 spiro atoms. The monoisotopic (exact) mass is 483 g/mol. The number of nitrogens with zero attached hydrogens (tertiary/aromatic N) is 4. The van der Waals surface area contributed by atoms with Gasteiger partial charge in [-0.05, 0) is 73.0 Å². The van der Waals surface area contributed by atoms with Gasteiger partial charge in [0.15, 0.2) is 5.82 Å². The molecule has 3 aromatic heterocycles. The zero-order chi connectivity index (χ0) is 24.7. The van der Waals surface area contributed by atoms with Crippen LogP contribution in [0.4, 0.5) is 21.8 Å². The summed E-state index contributed by atoms with van der Waals surface area (Å²) in [4.78, 5) is 18.6. The van der Waals surface area contributed by atoms with Gasteiger partial charge in [-0.15, -0.1) is 0 Å². The molecule has 4 heterocycles. The fraction of sp³-hybridized carbons (Fsp3) is 0.357. The molecule has 1 saturated heterocycles. The number of piperidine rings is 1. The van der Waals surface area contributed by atoms with Gasteiger partial charge >= 0.3 is 0 Å². The van der Waals surface area contributed by atoms with Gasteiger partial charge < -0.3 is 16.0 Å². The number of rotatable bonds is 6. The van der Waals surface area contributed by atoms with E-state index in [2.05, 4.69) is 58.0 Å². The Labute approximate surface area is 210 Å². The summed E-state index contributed by atoms with van der Waals surface area (Å²) >= 11 is 0. The minimum absolute atomic E-state index is 0.0973. The zero-order valence-corrected chi connectivity index (χ0v) is 20.6. The number of halogens is 1. The summed E-state index contributed by atoms with van der Waals surface area (Å²) in [6.07, 6.45) is 6.37. The molecule has 1 saturated carbocycles. The fourth-order valence-corrected chi connectivity index (χ4v) is 5.00. The topological polar surface area (TPSA) is 87.7 Å². The molecule has 3 N–H and O–H groups in total. The summed E-state index contributed by atoms with van der Waals surface area (Å²) in [5.74, 6) is 2.87. The van der Waals surface area contributed by atoms with Crippen LogP contribution in [-0.4, -0.2) is 39.1 Å². The van der Waals surface area contributed by atoms with Crippen LogP contribution in [0.2, 0.25) is 0 Å². The molecule has 7 nitrogen and oxygen atoms in total. The molecule has 0 amide bonds. The normalized spacial score (nSPS) is 19.2. The van der Waals surface area contributed by atoms with Crippen molar-refractivity contribution in [2.75, 3.05) is 23.7 Å². The summed E-state index contributed by atoms with van der Waals surface area (Å²) in [5, 5.41) is 11.6. The molecule has 1 aromatic carbocycles. The van der Waals surface area contributed by atoms with Crippen LogP contribution >= 0.6 is 0 Å². The van der Waals surface area contributed by atoms with Gasteiger partial charge in [-0.2, -0.15) is 0 Å². The third-order valence-electron chi connectivity index (χ3n) is 7.22. The molecule has 2 fully saturated rings. The largest absolute Gasteiger partial charge is 0.366 e. The second kappa shape index (κ2) is 9.09. The summed E-state index contributed by atoms with van der Waals surface area (Å²) in [5.41, 5.74) is 3.24. The molecule has 4 aromatic rings. The summed E-state index contributed by atoms with van der Waals surface area (Å²) < 4.78 is 13.2. The van der Waals surface area contributed by atoms with Crippen LogP contribution in [-0.2, 0) is 0 Å². The fourth-order valence-electron chi connectivity index (χ4n) is 5.00. The number of nitrogens with one attached hydrogen (secondary N) is 3. The first-order chi connectivity index (χ1) is 17.5. The van der Waals surface area contributed by atoms with Gasteiger partial charge in [-0.25, -0.2) is 24.3 Å². The van der Waals surface area contributed by atoms with Crippen LogP contribution in [0.25, 0.3) is 22.3 Å². The maximum Gasteiger partial charge on any atom is 0.162 e. The molecule has 1 atom stereocenters. The van der Waals surface area contributed by atoms with E-state index in [1.165, 1.54) is 30.7 Å². The minimum atomic E-state index is -0.380. The highest BCUT2D eigenvalue weighted by Gasteiger charge is 2.34. The van der Waals surface area contributed by atoms with Crippen LogP contribution in [0.3, 0.4) is 0 Å². The molecular weight excluding hydrogens is 453 g/mol. The highest BCUT2D eigenvalue weighted by Crippen LogP contribution is 2.45. The first-order valence-corrected chi connectivity index (χ1v) is 12.6. The molecule has 184 valence electrons. The lowest BCUT2D eigenvalue weighted by Crippen LogP contribution is -2.49. The average Bonchev–Trinajstić information content (AvgIpc) is 3.72. The van der Waals surface area contributed by atoms with E-state index >= 15 is 0 Å². The molecule has 36 heavy (non-hydrogen) atoms. The van der Waals surface area contributed by atoms with Gasteiger partial charge in [-0.3, -0.25) is 0 Å². The van der Waals surface area contributed by atoms with Crippen LogP contribution in [0, 0.1) is 11.2 Å². The van der Waals surface area contributed by atoms with Crippen molar-refractivity contribution < 1.29 is 4.39 Å². The van der Waals surface area contributed by atoms with Gasteiger partial charge in [0.1, 0.15) is 23.3 Å². The Morgan fingerprint density at radius 3 is 2.67 bits per heavy atom. The number of hydrogen-bond donors (Lipinski definition) is 3. The number of benzene rings is 1. The number of aromatic nitrogens is 4. The lowest BCUT2D eigenvalue weighted by atomic mass is 9.80. The van der Waals surface area contributed by atoms with Crippen molar-refractivity contribution in [1.29, 1.82) is 0 Å². The van der Waals surface area contributed by atoms with Crippen molar-refractivity contribution in [1.82, 2.24) is 25.3 Å². The van der Waals surface area contributed by atoms with Gasteiger partial charge in [0.25, 0.3) is 0 Å². The Bertz CT molecular complexity index is 1400. The Kier molecular flexibility index (Phi) is 5.76. The van der Waals surface area contributed by atoms with E-state index in [9.17, 15) is 4.39 Å². The lowest BCUT2D eigenvalue weighted by molar-refractivity contribution is 0.236. The standard InChI is InChI=1S/C28H30FN7/c1-28(2)16-30-12-11-22(28)34-27-25-20(17-6-7-17)4-3-5-21(25)33-26(36-27)18-10-13-31-24(14-18)35-23-9-8-19(29)15-32-23/h3-5,8-10,13-15,17,22,30H,6-7,11-12,16H2,1-2H3,(H,31,32,35)(H,33,34,36)/t22-/m0/s1. The first-order valence-electron chi connectivity index (χ1n) is 12.6. The molecule has 8 heteroatoms. The highest BCUT2D eigenvalue weighted by molar-refractivity contribution is 5.94. The third kappa shape index (κ3) is 4.60. The van der Waals surface area contributed by atoms with E-state index in [4.69, 9.17) is 9.97 Å². The SMILES string of the molecule is CC1(C)CNCC[C@@H]1Nc1nc(-c2ccnc(Nc3ccc(F)cn3)c2)nc2cccc(C3CC3)c12. The lowest BCUT2D eigenvalue weighted by Gasteiger charge is -2.40. The second-order valence-electron chi connectivity index (χ2n) is 10.5. The summed E-state index contributed by atoms with van der Waals surface area (Å²) in [7, 11) is 0. The second-order valence-corrected chi connectivity index (χ2v) is 10.5. The molecule has 1 aliphatic carbocycles. The molecule has 1 aliphatic heterocycles. The predicted molar refractivity (Wildman–Crippen MR) is 141 cm³/mol. The van der Waals surface area contributed by atoms with E-state index in [1.54, 1.807) is 12.3 Å². The number of hydrogen-bond acceptors (Lipinski definition) is 7. The molecule has 0 radical (unpaired) electrons. The highest BCUT2D eigenvalue weighted by atomic mass is 19.1. The molecule has 0 unspecified atom stereocenters. The van der Waals surface area contributed by atoms with Gasteiger partial charge in [0, 0.05) is 29.7 Å². The van der Waals surface area contributed by atoms with Crippen molar-refractivity contribution in [2.45, 2.75) is 45.1 Å². The summed E-state index contributed by atoms with van der Waals surface area (Å²) in [6.45, 7) is 6.55. The number of anilines is 3. The zero-order valence-electron chi connectivity index (χ0n) is 20.6. The van der Waals surface area contributed by atoms with Crippen LogP contribution in [0.1, 0.15) is 44.6 Å². The maximum absolute atomic E-state index is 13.2. The predicted octanol–water partition coefficient (Wildman–Crippen LogP) is 5.65.